The van der Waals surface area contributed by atoms with Gasteiger partial charge in [-0.3, -0.25) is 0 Å². The third-order valence-corrected chi connectivity index (χ3v) is 16.0. The summed E-state index contributed by atoms with van der Waals surface area (Å²) in [6, 6.07) is 0. The molecule has 0 spiro atoms. The molecule has 0 aromatic carbocycles. The van der Waals surface area contributed by atoms with E-state index in [4.69, 9.17) is 50.9 Å². The number of unbranched alkanes of at least 4 members (excludes halogenated alkanes) is 45. The molecule has 6 heteroatoms. The minimum absolute atomic E-state index is 0.337. The molecule has 0 aliphatic carbocycles. The maximum absolute atomic E-state index is 6.36. The Morgan fingerprint density at radius 2 is 0.377 bits per heavy atom. The van der Waals surface area contributed by atoms with E-state index in [1.165, 1.54) is 289 Å². The van der Waals surface area contributed by atoms with Crippen LogP contribution in [0.2, 0.25) is 0 Å². The molecule has 0 fully saturated rings. The van der Waals surface area contributed by atoms with Crippen molar-refractivity contribution in [2.75, 3.05) is 19.8 Å². The lowest BCUT2D eigenvalue weighted by Crippen LogP contribution is -2.38. The Morgan fingerprint density at radius 1 is 0.232 bits per heavy atom. The second kappa shape index (κ2) is 57.0. The molecule has 0 heterocycles. The van der Waals surface area contributed by atoms with Crippen molar-refractivity contribution in [2.45, 2.75) is 362 Å². The molecule has 69 heavy (non-hydrogen) atoms. The fourth-order valence-electron chi connectivity index (χ4n) is 9.80. The van der Waals surface area contributed by atoms with Gasteiger partial charge >= 0.3 is 0 Å². The predicted octanol–water partition coefficient (Wildman–Crippen LogP) is 23.4. The Bertz CT molecular complexity index is 938. The fraction of sp³-hybridized carbons (Fsp3) is 0.952. The van der Waals surface area contributed by atoms with Gasteiger partial charge < -0.3 is 14.2 Å². The Morgan fingerprint density at radius 3 is 0.522 bits per heavy atom. The minimum Gasteiger partial charge on any atom is -0.486 e. The lowest BCUT2D eigenvalue weighted by atomic mass is 9.88. The first-order valence-electron chi connectivity index (χ1n) is 31.4. The average Bonchev–Trinajstić information content (AvgIpc) is 3.35. The van der Waals surface area contributed by atoms with Crippen LogP contribution in [-0.2, 0) is 14.2 Å². The molecule has 0 radical (unpaired) electrons. The first kappa shape index (κ1) is 68.7. The van der Waals surface area contributed by atoms with E-state index in [9.17, 15) is 0 Å². The summed E-state index contributed by atoms with van der Waals surface area (Å²) in [6.45, 7) is 10.6. The number of hydrogen-bond donors (Lipinski definition) is 0. The lowest BCUT2D eigenvalue weighted by molar-refractivity contribution is 0.0177. The molecule has 0 saturated carbocycles. The van der Waals surface area contributed by atoms with Gasteiger partial charge in [0.05, 0.1) is 5.41 Å². The third-order valence-electron chi connectivity index (χ3n) is 15.1. The summed E-state index contributed by atoms with van der Waals surface area (Å²) in [5.41, 5.74) is -0.337. The summed E-state index contributed by atoms with van der Waals surface area (Å²) in [6.07, 6.45) is 69.4. The van der Waals surface area contributed by atoms with Crippen LogP contribution in [0.3, 0.4) is 0 Å². The van der Waals surface area contributed by atoms with E-state index in [2.05, 4.69) is 27.7 Å². The number of thiocarbonyl (C=S) groups is 3. The summed E-state index contributed by atoms with van der Waals surface area (Å²) in [7, 11) is 0. The van der Waals surface area contributed by atoms with Crippen molar-refractivity contribution < 1.29 is 14.2 Å². The molecular weight excluding hydrogens is 901 g/mol. The average molecular weight is 1020 g/mol. The summed E-state index contributed by atoms with van der Waals surface area (Å²) in [4.78, 5) is 0. The molecule has 0 aromatic rings. The first-order valence-corrected chi connectivity index (χ1v) is 32.6. The van der Waals surface area contributed by atoms with Gasteiger partial charge in [0.25, 0.3) is 0 Å². The monoisotopic (exact) mass is 1020 g/mol. The molecule has 0 bridgehead atoms. The molecule has 0 amide bonds. The van der Waals surface area contributed by atoms with E-state index in [1.54, 1.807) is 0 Å². The molecule has 0 aliphatic rings. The van der Waals surface area contributed by atoms with Gasteiger partial charge in [0.15, 0.2) is 15.2 Å². The molecule has 0 saturated heterocycles. The van der Waals surface area contributed by atoms with Crippen LogP contribution in [0.15, 0.2) is 0 Å². The second-order valence-electron chi connectivity index (χ2n) is 22.0. The maximum atomic E-state index is 6.36. The molecule has 0 unspecified atom stereocenters. The van der Waals surface area contributed by atoms with Crippen LogP contribution in [0.1, 0.15) is 362 Å². The van der Waals surface area contributed by atoms with Gasteiger partial charge in [0, 0.05) is 19.3 Å². The quantitative estimate of drug-likeness (QED) is 0.0445. The highest BCUT2D eigenvalue weighted by Gasteiger charge is 2.33. The third kappa shape index (κ3) is 52.3. The Kier molecular flexibility index (Phi) is 56.7. The summed E-state index contributed by atoms with van der Waals surface area (Å²) in [5.74, 6) is 0. The van der Waals surface area contributed by atoms with Gasteiger partial charge in [-0.25, -0.2) is 0 Å². The molecule has 410 valence electrons. The zero-order valence-electron chi connectivity index (χ0n) is 47.3. The Balaban J connectivity index is 4.51. The van der Waals surface area contributed by atoms with Gasteiger partial charge in [-0.1, -0.05) is 317 Å². The van der Waals surface area contributed by atoms with Gasteiger partial charge in [-0.2, -0.15) is 0 Å². The normalized spacial score (nSPS) is 11.7. The van der Waals surface area contributed by atoms with Crippen LogP contribution in [-0.4, -0.2) is 35.0 Å². The van der Waals surface area contributed by atoms with Crippen molar-refractivity contribution in [2.24, 2.45) is 5.41 Å². The van der Waals surface area contributed by atoms with Crippen molar-refractivity contribution >= 4 is 51.8 Å². The van der Waals surface area contributed by atoms with Crippen molar-refractivity contribution in [3.63, 3.8) is 0 Å². The van der Waals surface area contributed by atoms with Crippen molar-refractivity contribution in [3.8, 4) is 0 Å². The SMILES string of the molecule is CCCCCCCCCCCCCCCCCCC(=S)OCC(CC)(COC(=S)CCCCCCCCCCCCCCCCCC)COC(=S)CCCCCCCCCCCCCCCCCC. The number of hydrogen-bond acceptors (Lipinski definition) is 6. The molecule has 0 atom stereocenters. The van der Waals surface area contributed by atoms with E-state index in [0.717, 1.165) is 60.1 Å². The molecule has 0 N–H and O–H groups in total. The van der Waals surface area contributed by atoms with Gasteiger partial charge in [0.1, 0.15) is 19.8 Å². The van der Waals surface area contributed by atoms with Crippen LogP contribution in [0.25, 0.3) is 0 Å². The van der Waals surface area contributed by atoms with Crippen LogP contribution in [0, 0.1) is 5.41 Å². The highest BCUT2D eigenvalue weighted by Crippen LogP contribution is 2.27. The molecular formula is C63H122O3S3. The van der Waals surface area contributed by atoms with E-state index in [-0.39, 0.29) is 5.41 Å². The molecule has 0 aromatic heterocycles. The Labute approximate surface area is 450 Å². The van der Waals surface area contributed by atoms with Crippen molar-refractivity contribution in [1.82, 2.24) is 0 Å². The topological polar surface area (TPSA) is 27.7 Å². The van der Waals surface area contributed by atoms with Crippen LogP contribution >= 0.6 is 36.7 Å². The summed E-state index contributed by atoms with van der Waals surface area (Å²) in [5, 5.41) is 2.18. The zero-order valence-corrected chi connectivity index (χ0v) is 49.8. The molecule has 3 nitrogen and oxygen atoms in total. The van der Waals surface area contributed by atoms with E-state index < -0.39 is 0 Å². The maximum Gasteiger partial charge on any atom is 0.159 e. The smallest absolute Gasteiger partial charge is 0.159 e. The van der Waals surface area contributed by atoms with Crippen molar-refractivity contribution in [3.05, 3.63) is 0 Å². The van der Waals surface area contributed by atoms with E-state index in [0.29, 0.717) is 19.8 Å². The molecule has 0 aliphatic heterocycles. The Hall–Kier alpha value is -0.330. The largest absolute Gasteiger partial charge is 0.486 e. The highest BCUT2D eigenvalue weighted by atomic mass is 32.1. The fourth-order valence-corrected chi connectivity index (χ4v) is 10.4. The lowest BCUT2D eigenvalue weighted by Gasteiger charge is -2.32. The summed E-state index contributed by atoms with van der Waals surface area (Å²) >= 11 is 17.4. The zero-order chi connectivity index (χ0) is 50.2. The first-order chi connectivity index (χ1) is 33.9. The van der Waals surface area contributed by atoms with Gasteiger partial charge in [-0.15, -0.1) is 0 Å². The van der Waals surface area contributed by atoms with Crippen LogP contribution in [0.5, 0.6) is 0 Å². The number of rotatable bonds is 58. The molecule has 0 rings (SSSR count). The summed E-state index contributed by atoms with van der Waals surface area (Å²) < 4.78 is 19.1. The second-order valence-corrected chi connectivity index (χ2v) is 23.4. The van der Waals surface area contributed by atoms with E-state index in [1.807, 2.05) is 0 Å². The van der Waals surface area contributed by atoms with E-state index >= 15 is 0 Å². The predicted molar refractivity (Wildman–Crippen MR) is 321 cm³/mol. The van der Waals surface area contributed by atoms with Crippen LogP contribution in [0.4, 0.5) is 0 Å². The standard InChI is InChI=1S/C63H122O3S3/c1-5-9-12-15-18-21-24-27-30-33-36-39-42-45-48-51-54-60(67)64-57-63(8-4,58-65-61(68)55-52-49-46-43-40-37-34-31-28-25-22-19-16-13-10-6-2)59-66-62(69)56-53-50-47-44-41-38-35-32-29-26-23-20-17-14-11-7-3/h5-59H2,1-4H3. The number of ether oxygens (including phenoxy) is 3. The highest BCUT2D eigenvalue weighted by molar-refractivity contribution is 7.80. The van der Waals surface area contributed by atoms with Crippen molar-refractivity contribution in [1.29, 1.82) is 0 Å². The van der Waals surface area contributed by atoms with Crippen LogP contribution < -0.4 is 0 Å². The minimum atomic E-state index is -0.337. The van der Waals surface area contributed by atoms with Gasteiger partial charge in [-0.05, 0) is 62.3 Å². The van der Waals surface area contributed by atoms with Gasteiger partial charge in [0.2, 0.25) is 0 Å².